The number of unbranched alkanes of at least 4 members (excludes halogenated alkanes) is 40. The molecule has 3 fully saturated rings. The van der Waals surface area contributed by atoms with Gasteiger partial charge in [0.25, 0.3) is 0 Å². The molecule has 0 bridgehead atoms. The molecule has 17 unspecified atom stereocenters. The predicted molar refractivity (Wildman–Crippen MR) is 383 cm³/mol. The van der Waals surface area contributed by atoms with E-state index in [0.29, 0.717) is 12.8 Å². The SMILES string of the molecule is CCCCCCC/C=C\C/C=C\CCCCCCCCCCCCCCCCCCCCCCCCCCCCCC(=O)NC(COC1OC(CO)C(OC2OC(CO)C(OC3OC(CO)C(O)C(O)C3O)C(O)C2O)C(O)C1O)C(O)/C=C/CC/C=C/CCCCCCCCC. The minimum Gasteiger partial charge on any atom is -0.394 e. The Morgan fingerprint density at radius 3 is 1.09 bits per heavy atom. The van der Waals surface area contributed by atoms with E-state index >= 15 is 0 Å². The van der Waals surface area contributed by atoms with E-state index in [1.807, 2.05) is 6.08 Å². The van der Waals surface area contributed by atoms with Gasteiger partial charge in [0.05, 0.1) is 38.6 Å². The third-order valence-electron chi connectivity index (χ3n) is 19.6. The molecular weight excluding hydrogens is 1240 g/mol. The van der Waals surface area contributed by atoms with Gasteiger partial charge in [-0.3, -0.25) is 4.79 Å². The lowest BCUT2D eigenvalue weighted by Gasteiger charge is -2.48. The zero-order valence-corrected chi connectivity index (χ0v) is 60.6. The van der Waals surface area contributed by atoms with Gasteiger partial charge in [-0.1, -0.05) is 287 Å². The Labute approximate surface area is 586 Å². The summed E-state index contributed by atoms with van der Waals surface area (Å²) in [6.45, 7) is 1.71. The molecule has 0 spiro atoms. The maximum absolute atomic E-state index is 13.4. The number of hydrogen-bond donors (Lipinski definition) is 12. The van der Waals surface area contributed by atoms with Crippen molar-refractivity contribution in [2.45, 2.75) is 413 Å². The molecule has 3 aliphatic heterocycles. The van der Waals surface area contributed by atoms with Crippen LogP contribution in [0.15, 0.2) is 48.6 Å². The number of hydrogen-bond acceptors (Lipinski definition) is 18. The van der Waals surface area contributed by atoms with Crippen molar-refractivity contribution in [3.63, 3.8) is 0 Å². The molecule has 0 saturated carbocycles. The molecule has 12 N–H and O–H groups in total. The third-order valence-corrected chi connectivity index (χ3v) is 19.6. The molecule has 3 rings (SSSR count). The molecule has 0 radical (unpaired) electrons. The Morgan fingerprint density at radius 1 is 0.371 bits per heavy atom. The molecule has 0 aliphatic carbocycles. The van der Waals surface area contributed by atoms with E-state index in [1.165, 1.54) is 231 Å². The van der Waals surface area contributed by atoms with Crippen LogP contribution in [0, 0.1) is 0 Å². The number of nitrogens with one attached hydrogen (secondary N) is 1. The monoisotopic (exact) mass is 1380 g/mol. The average Bonchev–Trinajstić information content (AvgIpc) is 0.809. The highest BCUT2D eigenvalue weighted by atomic mass is 16.8. The van der Waals surface area contributed by atoms with Crippen LogP contribution in [0.1, 0.15) is 309 Å². The fraction of sp³-hybridized carbons (Fsp3) is 0.885. The van der Waals surface area contributed by atoms with Crippen molar-refractivity contribution in [1.82, 2.24) is 5.32 Å². The molecule has 1 amide bonds. The van der Waals surface area contributed by atoms with Gasteiger partial charge in [-0.2, -0.15) is 0 Å². The number of amides is 1. The lowest BCUT2D eigenvalue weighted by Crippen LogP contribution is -2.66. The van der Waals surface area contributed by atoms with Crippen molar-refractivity contribution < 1.29 is 89.4 Å². The highest BCUT2D eigenvalue weighted by molar-refractivity contribution is 5.76. The Morgan fingerprint density at radius 2 is 0.691 bits per heavy atom. The molecule has 3 saturated heterocycles. The van der Waals surface area contributed by atoms with Crippen LogP contribution < -0.4 is 5.32 Å². The van der Waals surface area contributed by atoms with Crippen molar-refractivity contribution >= 4 is 5.91 Å². The van der Waals surface area contributed by atoms with Crippen molar-refractivity contribution in [2.75, 3.05) is 26.4 Å². The summed E-state index contributed by atoms with van der Waals surface area (Å²) in [5, 5.41) is 120. The van der Waals surface area contributed by atoms with Gasteiger partial charge in [0.15, 0.2) is 18.9 Å². The smallest absolute Gasteiger partial charge is 0.220 e. The summed E-state index contributed by atoms with van der Waals surface area (Å²) >= 11 is 0. The second-order valence-corrected chi connectivity index (χ2v) is 28.2. The van der Waals surface area contributed by atoms with Crippen LogP contribution in [0.2, 0.25) is 0 Å². The Bertz CT molecular complexity index is 1940. The number of allylic oxidation sites excluding steroid dienone is 7. The normalized spacial score (nSPS) is 27.1. The van der Waals surface area contributed by atoms with Gasteiger partial charge in [0.1, 0.15) is 73.2 Å². The molecule has 19 heteroatoms. The summed E-state index contributed by atoms with van der Waals surface area (Å²) < 4.78 is 34.3. The molecule has 568 valence electrons. The van der Waals surface area contributed by atoms with Gasteiger partial charge in [0.2, 0.25) is 5.91 Å². The Hall–Kier alpha value is -2.25. The van der Waals surface area contributed by atoms with E-state index in [0.717, 1.165) is 44.9 Å². The first-order chi connectivity index (χ1) is 47.3. The molecule has 0 aromatic heterocycles. The summed E-state index contributed by atoms with van der Waals surface area (Å²) in [7, 11) is 0. The lowest BCUT2D eigenvalue weighted by atomic mass is 9.96. The van der Waals surface area contributed by atoms with Crippen LogP contribution >= 0.6 is 0 Å². The van der Waals surface area contributed by atoms with Crippen LogP contribution in [0.4, 0.5) is 0 Å². The molecule has 17 atom stereocenters. The highest BCUT2D eigenvalue weighted by Crippen LogP contribution is 2.33. The van der Waals surface area contributed by atoms with Crippen molar-refractivity contribution in [3.05, 3.63) is 48.6 Å². The van der Waals surface area contributed by atoms with Gasteiger partial charge >= 0.3 is 0 Å². The first-order valence-corrected chi connectivity index (χ1v) is 39.4. The van der Waals surface area contributed by atoms with Crippen LogP contribution in [0.5, 0.6) is 0 Å². The van der Waals surface area contributed by atoms with E-state index in [4.69, 9.17) is 28.4 Å². The van der Waals surface area contributed by atoms with Crippen LogP contribution in [0.25, 0.3) is 0 Å². The standard InChI is InChI=1S/C78H143NO18/c1-3-5-7-9-11-13-15-17-18-19-20-21-22-23-24-25-26-27-28-29-30-31-32-33-34-35-36-37-38-39-40-41-42-44-46-48-50-52-54-56-66(84)79-61(62(83)55-53-51-49-47-45-43-16-14-12-10-8-6-4-2)60-92-76-72(90)69(87)74(64(58-81)94-76)97-78-73(91)70(88)75(65(59-82)95-78)96-77-71(89)68(86)67(85)63(57-80)93-77/h15,17,19-20,45,47,53,55,61-65,67-78,80-83,85-91H,3-14,16,18,21-44,46,48-52,54,56-60H2,1-2H3,(H,79,84)/b17-15-,20-19-,47-45+,55-53+. The van der Waals surface area contributed by atoms with Gasteiger partial charge in [-0.25, -0.2) is 0 Å². The predicted octanol–water partition coefficient (Wildman–Crippen LogP) is 12.5. The van der Waals surface area contributed by atoms with Gasteiger partial charge in [0, 0.05) is 6.42 Å². The van der Waals surface area contributed by atoms with E-state index in [1.54, 1.807) is 6.08 Å². The third kappa shape index (κ3) is 39.8. The fourth-order valence-electron chi connectivity index (χ4n) is 13.2. The number of carbonyl (C=O) groups excluding carboxylic acids is 1. The summed E-state index contributed by atoms with van der Waals surface area (Å²) in [6.07, 6.45) is 47.2. The molecular formula is C78H143NO18. The van der Waals surface area contributed by atoms with Crippen LogP contribution in [-0.4, -0.2) is 193 Å². The Balaban J connectivity index is 1.28. The zero-order valence-electron chi connectivity index (χ0n) is 60.6. The van der Waals surface area contributed by atoms with E-state index < -0.39 is 124 Å². The molecule has 0 aromatic rings. The van der Waals surface area contributed by atoms with Crippen LogP contribution in [0.3, 0.4) is 0 Å². The summed E-state index contributed by atoms with van der Waals surface area (Å²) in [5.74, 6) is -0.281. The van der Waals surface area contributed by atoms with Gasteiger partial charge < -0.3 is 89.9 Å². The summed E-state index contributed by atoms with van der Waals surface area (Å²) in [4.78, 5) is 13.4. The molecule has 97 heavy (non-hydrogen) atoms. The topological polar surface area (TPSA) is 307 Å². The molecule has 19 nitrogen and oxygen atoms in total. The molecule has 3 heterocycles. The highest BCUT2D eigenvalue weighted by Gasteiger charge is 2.53. The van der Waals surface area contributed by atoms with Crippen molar-refractivity contribution in [2.24, 2.45) is 0 Å². The van der Waals surface area contributed by atoms with Crippen LogP contribution in [-0.2, 0) is 33.2 Å². The number of carbonyl (C=O) groups is 1. The summed E-state index contributed by atoms with van der Waals surface area (Å²) in [6, 6.07) is -0.988. The van der Waals surface area contributed by atoms with Gasteiger partial charge in [-0.15, -0.1) is 0 Å². The van der Waals surface area contributed by atoms with E-state index in [2.05, 4.69) is 55.6 Å². The second-order valence-electron chi connectivity index (χ2n) is 28.2. The number of ether oxygens (including phenoxy) is 6. The largest absolute Gasteiger partial charge is 0.394 e. The lowest BCUT2D eigenvalue weighted by molar-refractivity contribution is -0.379. The summed E-state index contributed by atoms with van der Waals surface area (Å²) in [5.41, 5.74) is 0. The maximum Gasteiger partial charge on any atom is 0.220 e. The fourth-order valence-corrected chi connectivity index (χ4v) is 13.2. The van der Waals surface area contributed by atoms with Gasteiger partial charge in [-0.05, 0) is 64.2 Å². The minimum absolute atomic E-state index is 0.239. The maximum atomic E-state index is 13.4. The molecule has 3 aliphatic rings. The second kappa shape index (κ2) is 59.2. The minimum atomic E-state index is -1.98. The number of aliphatic hydroxyl groups is 11. The average molecular weight is 1380 g/mol. The molecule has 0 aromatic carbocycles. The number of aliphatic hydroxyl groups excluding tert-OH is 11. The first kappa shape index (κ1) is 89.0. The quantitative estimate of drug-likeness (QED) is 0.0199. The first-order valence-electron chi connectivity index (χ1n) is 39.4. The zero-order chi connectivity index (χ0) is 70.4. The van der Waals surface area contributed by atoms with E-state index in [-0.39, 0.29) is 18.9 Å². The number of rotatable bonds is 62. The Kier molecular flexibility index (Phi) is 54.3. The van der Waals surface area contributed by atoms with Crippen molar-refractivity contribution in [3.8, 4) is 0 Å². The van der Waals surface area contributed by atoms with Crippen molar-refractivity contribution in [1.29, 1.82) is 0 Å². The van der Waals surface area contributed by atoms with E-state index in [9.17, 15) is 61.0 Å².